The molecular weight excluding hydrogens is 376 g/mol. The third-order valence-corrected chi connectivity index (χ3v) is 4.29. The van der Waals surface area contributed by atoms with E-state index >= 15 is 0 Å². The third-order valence-electron chi connectivity index (χ3n) is 3.80. The lowest BCUT2D eigenvalue weighted by atomic mass is 10.1. The third kappa shape index (κ3) is 3.85. The first-order valence-corrected chi connectivity index (χ1v) is 8.35. The average molecular weight is 396 g/mol. The Morgan fingerprint density at radius 1 is 1.22 bits per heavy atom. The zero-order valence-corrected chi connectivity index (χ0v) is 15.4. The van der Waals surface area contributed by atoms with Gasteiger partial charge in [0.1, 0.15) is 0 Å². The van der Waals surface area contributed by atoms with Crippen LogP contribution < -0.4 is 5.73 Å². The molecular formula is C17H20BrClN4. The Hall–Kier alpha value is -1.59. The molecule has 4 nitrogen and oxygen atoms in total. The van der Waals surface area contributed by atoms with Crippen LogP contribution in [-0.4, -0.2) is 14.5 Å². The fraction of sp³-hybridized carbons (Fsp3) is 0.294. The van der Waals surface area contributed by atoms with Gasteiger partial charge in [-0.05, 0) is 30.7 Å². The Morgan fingerprint density at radius 3 is 2.78 bits per heavy atom. The molecule has 6 heteroatoms. The highest BCUT2D eigenvalue weighted by Gasteiger charge is 2.12. The highest BCUT2D eigenvalue weighted by atomic mass is 79.9. The first kappa shape index (κ1) is 17.8. The number of benzene rings is 1. The first-order valence-electron chi connectivity index (χ1n) is 7.56. The van der Waals surface area contributed by atoms with Crippen LogP contribution in [0.2, 0.25) is 0 Å². The summed E-state index contributed by atoms with van der Waals surface area (Å²) in [6.07, 6.45) is 7.53. The first-order chi connectivity index (χ1) is 10.7. The molecule has 2 heterocycles. The van der Waals surface area contributed by atoms with Crippen LogP contribution in [0, 0.1) is 0 Å². The van der Waals surface area contributed by atoms with Gasteiger partial charge in [-0.3, -0.25) is 0 Å². The summed E-state index contributed by atoms with van der Waals surface area (Å²) >= 11 is 3.56. The van der Waals surface area contributed by atoms with E-state index in [1.54, 1.807) is 6.20 Å². The Morgan fingerprint density at radius 2 is 2.04 bits per heavy atom. The van der Waals surface area contributed by atoms with Gasteiger partial charge in [0.05, 0.1) is 5.69 Å². The number of anilines is 1. The lowest BCUT2D eigenvalue weighted by molar-refractivity contribution is 0.616. The fourth-order valence-electron chi connectivity index (χ4n) is 2.71. The lowest BCUT2D eigenvalue weighted by Crippen LogP contribution is -1.96. The molecule has 2 N–H and O–H groups in total. The van der Waals surface area contributed by atoms with Crippen LogP contribution >= 0.6 is 28.3 Å². The second-order valence-electron chi connectivity index (χ2n) is 5.40. The number of halogens is 2. The number of fused-ring (bicyclic) bond motifs is 1. The molecule has 0 amide bonds. The minimum absolute atomic E-state index is 0. The number of rotatable bonds is 5. The smallest absolute Gasteiger partial charge is 0.220 e. The summed E-state index contributed by atoms with van der Waals surface area (Å²) in [6, 6.07) is 8.28. The highest BCUT2D eigenvalue weighted by molar-refractivity contribution is 9.10. The number of aryl methyl sites for hydroxylation is 1. The number of hydrogen-bond donors (Lipinski definition) is 1. The maximum Gasteiger partial charge on any atom is 0.220 e. The van der Waals surface area contributed by atoms with Gasteiger partial charge in [0.2, 0.25) is 5.95 Å². The van der Waals surface area contributed by atoms with Gasteiger partial charge in [0, 0.05) is 39.9 Å². The molecule has 23 heavy (non-hydrogen) atoms. The molecule has 0 spiro atoms. The number of unbranched alkanes of at least 4 members (excludes halogenated alkanes) is 2. The second-order valence-corrected chi connectivity index (χ2v) is 6.32. The molecule has 0 fully saturated rings. The minimum Gasteiger partial charge on any atom is -0.368 e. The van der Waals surface area contributed by atoms with Crippen molar-refractivity contribution in [1.29, 1.82) is 0 Å². The van der Waals surface area contributed by atoms with Gasteiger partial charge in [-0.25, -0.2) is 9.97 Å². The van der Waals surface area contributed by atoms with Crippen LogP contribution in [-0.2, 0) is 6.54 Å². The van der Waals surface area contributed by atoms with Crippen LogP contribution in [0.3, 0.4) is 0 Å². The second kappa shape index (κ2) is 7.79. The van der Waals surface area contributed by atoms with Crippen molar-refractivity contribution in [3.05, 3.63) is 41.1 Å². The van der Waals surface area contributed by atoms with Crippen molar-refractivity contribution < 1.29 is 0 Å². The summed E-state index contributed by atoms with van der Waals surface area (Å²) in [6.45, 7) is 3.24. The monoisotopic (exact) mass is 394 g/mol. The van der Waals surface area contributed by atoms with Crippen molar-refractivity contribution in [2.75, 3.05) is 5.73 Å². The summed E-state index contributed by atoms with van der Waals surface area (Å²) in [5, 5.41) is 1.18. The maximum absolute atomic E-state index is 5.74. The molecule has 1 aromatic carbocycles. The number of nitrogens with two attached hydrogens (primary N) is 1. The van der Waals surface area contributed by atoms with E-state index in [4.69, 9.17) is 5.73 Å². The predicted octanol–water partition coefficient (Wildman–Crippen LogP) is 5.06. The van der Waals surface area contributed by atoms with Crippen molar-refractivity contribution in [2.45, 2.75) is 32.7 Å². The van der Waals surface area contributed by atoms with E-state index in [9.17, 15) is 0 Å². The maximum atomic E-state index is 5.74. The van der Waals surface area contributed by atoms with Crippen LogP contribution in [0.25, 0.3) is 22.2 Å². The molecule has 0 aliphatic rings. The Balaban J connectivity index is 0.00000192. The van der Waals surface area contributed by atoms with E-state index in [0.717, 1.165) is 22.3 Å². The molecule has 0 saturated carbocycles. The molecule has 2 aromatic heterocycles. The van der Waals surface area contributed by atoms with E-state index in [2.05, 4.69) is 61.8 Å². The predicted molar refractivity (Wildman–Crippen MR) is 102 cm³/mol. The van der Waals surface area contributed by atoms with Crippen LogP contribution in [0.5, 0.6) is 0 Å². The molecule has 0 radical (unpaired) electrons. The lowest BCUT2D eigenvalue weighted by Gasteiger charge is -2.04. The highest BCUT2D eigenvalue weighted by Crippen LogP contribution is 2.32. The molecule has 0 aliphatic heterocycles. The Labute approximate surface area is 150 Å². The minimum atomic E-state index is 0. The number of nitrogens with zero attached hydrogens (tertiary/aromatic N) is 3. The van der Waals surface area contributed by atoms with Crippen molar-refractivity contribution >= 4 is 45.2 Å². The zero-order chi connectivity index (χ0) is 15.5. The quantitative estimate of drug-likeness (QED) is 0.615. The number of aromatic nitrogens is 3. The summed E-state index contributed by atoms with van der Waals surface area (Å²) in [5.41, 5.74) is 8.93. The molecule has 0 saturated heterocycles. The SMILES string of the molecule is CCCCCn1cc(-c2ccnc(N)n2)c2cc(Br)ccc21.Cl. The van der Waals surface area contributed by atoms with Gasteiger partial charge in [0.25, 0.3) is 0 Å². The molecule has 122 valence electrons. The van der Waals surface area contributed by atoms with Crippen molar-refractivity contribution in [2.24, 2.45) is 0 Å². The summed E-state index contributed by atoms with van der Waals surface area (Å²) in [4.78, 5) is 8.35. The molecule has 0 bridgehead atoms. The normalized spacial score (nSPS) is 10.7. The Kier molecular flexibility index (Phi) is 6.02. The molecule has 0 unspecified atom stereocenters. The van der Waals surface area contributed by atoms with Crippen molar-refractivity contribution in [1.82, 2.24) is 14.5 Å². The fourth-order valence-corrected chi connectivity index (χ4v) is 3.08. The van der Waals surface area contributed by atoms with Crippen LogP contribution in [0.1, 0.15) is 26.2 Å². The van der Waals surface area contributed by atoms with E-state index < -0.39 is 0 Å². The van der Waals surface area contributed by atoms with E-state index in [-0.39, 0.29) is 12.4 Å². The van der Waals surface area contributed by atoms with Gasteiger partial charge < -0.3 is 10.3 Å². The molecule has 3 aromatic rings. The van der Waals surface area contributed by atoms with Gasteiger partial charge in [0.15, 0.2) is 0 Å². The summed E-state index contributed by atoms with van der Waals surface area (Å²) < 4.78 is 3.38. The summed E-state index contributed by atoms with van der Waals surface area (Å²) in [7, 11) is 0. The average Bonchev–Trinajstić information content (AvgIpc) is 2.85. The van der Waals surface area contributed by atoms with E-state index in [0.29, 0.717) is 5.95 Å². The number of hydrogen-bond acceptors (Lipinski definition) is 3. The van der Waals surface area contributed by atoms with Gasteiger partial charge in [-0.1, -0.05) is 35.7 Å². The standard InChI is InChI=1S/C17H19BrN4.ClH/c1-2-3-4-9-22-11-14(15-7-8-20-17(19)21-15)13-10-12(18)5-6-16(13)22;/h5-8,10-11H,2-4,9H2,1H3,(H2,19,20,21);1H. The van der Waals surface area contributed by atoms with Gasteiger partial charge in [-0.2, -0.15) is 0 Å². The number of nitrogen functional groups attached to an aromatic ring is 1. The zero-order valence-electron chi connectivity index (χ0n) is 13.0. The van der Waals surface area contributed by atoms with Crippen molar-refractivity contribution in [3.63, 3.8) is 0 Å². The molecule has 0 atom stereocenters. The molecule has 3 rings (SSSR count). The van der Waals surface area contributed by atoms with E-state index in [1.807, 2.05) is 6.07 Å². The largest absolute Gasteiger partial charge is 0.368 e. The van der Waals surface area contributed by atoms with Crippen molar-refractivity contribution in [3.8, 4) is 11.3 Å². The van der Waals surface area contributed by atoms with Crippen LogP contribution in [0.15, 0.2) is 41.1 Å². The van der Waals surface area contributed by atoms with E-state index in [1.165, 1.54) is 30.2 Å². The van der Waals surface area contributed by atoms with Gasteiger partial charge in [-0.15, -0.1) is 12.4 Å². The van der Waals surface area contributed by atoms with Crippen LogP contribution in [0.4, 0.5) is 5.95 Å². The molecule has 0 aliphatic carbocycles. The summed E-state index contributed by atoms with van der Waals surface area (Å²) in [5.74, 6) is 0.305. The topological polar surface area (TPSA) is 56.7 Å². The Bertz CT molecular complexity index is 800. The van der Waals surface area contributed by atoms with Gasteiger partial charge >= 0.3 is 0 Å².